The van der Waals surface area contributed by atoms with E-state index < -0.39 is 0 Å². The lowest BCUT2D eigenvalue weighted by Gasteiger charge is -2.33. The molecule has 5 heteroatoms. The van der Waals surface area contributed by atoms with Crippen molar-refractivity contribution in [3.63, 3.8) is 0 Å². The van der Waals surface area contributed by atoms with Crippen LogP contribution in [-0.2, 0) is 13.1 Å². The number of hydrogen-bond acceptors (Lipinski definition) is 4. The van der Waals surface area contributed by atoms with Gasteiger partial charge < -0.3 is 5.32 Å². The number of nitrogens with one attached hydrogen (secondary N) is 1. The van der Waals surface area contributed by atoms with Crippen molar-refractivity contribution in [1.82, 2.24) is 25.2 Å². The summed E-state index contributed by atoms with van der Waals surface area (Å²) in [4.78, 5) is 2.57. The summed E-state index contributed by atoms with van der Waals surface area (Å²) in [5, 5.41) is 11.8. The molecule has 19 heavy (non-hydrogen) atoms. The number of hydrogen-bond donors (Lipinski definition) is 1. The molecule has 1 saturated heterocycles. The normalized spacial score (nSPS) is 20.8. The molecular weight excluding hydrogens is 238 g/mol. The predicted octanol–water partition coefficient (Wildman–Crippen LogP) is 1.65. The van der Waals surface area contributed by atoms with Crippen LogP contribution in [0.3, 0.4) is 0 Å². The Balaban J connectivity index is 1.73. The Morgan fingerprint density at radius 1 is 1.37 bits per heavy atom. The van der Waals surface area contributed by atoms with Crippen LogP contribution in [0, 0.1) is 0 Å². The zero-order valence-corrected chi connectivity index (χ0v) is 12.3. The molecule has 0 aromatic carbocycles. The van der Waals surface area contributed by atoms with E-state index >= 15 is 0 Å². The lowest BCUT2D eigenvalue weighted by molar-refractivity contribution is 0.153. The van der Waals surface area contributed by atoms with Gasteiger partial charge in [0.2, 0.25) is 0 Å². The Morgan fingerprint density at radius 3 is 3.05 bits per heavy atom. The van der Waals surface area contributed by atoms with E-state index in [2.05, 4.69) is 40.6 Å². The Morgan fingerprint density at radius 2 is 2.26 bits per heavy atom. The summed E-state index contributed by atoms with van der Waals surface area (Å²) in [5.41, 5.74) is 1.04. The van der Waals surface area contributed by atoms with E-state index in [4.69, 9.17) is 0 Å². The van der Waals surface area contributed by atoms with Gasteiger partial charge in [-0.3, -0.25) is 9.58 Å². The standard InChI is InChI=1S/C14H27N5/c1-3-7-15-11-14-12-19(17-16-14)10-9-18-8-5-4-6-13(18)2/h12-13,15H,3-11H2,1-2H3. The van der Waals surface area contributed by atoms with Crippen molar-refractivity contribution in [3.8, 4) is 0 Å². The topological polar surface area (TPSA) is 46.0 Å². The third-order valence-electron chi connectivity index (χ3n) is 3.88. The van der Waals surface area contributed by atoms with Gasteiger partial charge in [-0.15, -0.1) is 5.10 Å². The molecule has 1 N–H and O–H groups in total. The maximum Gasteiger partial charge on any atom is 0.0964 e. The van der Waals surface area contributed by atoms with Gasteiger partial charge >= 0.3 is 0 Å². The molecule has 1 atom stereocenters. The van der Waals surface area contributed by atoms with Crippen LogP contribution in [0.5, 0.6) is 0 Å². The molecule has 0 saturated carbocycles. The minimum atomic E-state index is 0.725. The molecule has 2 heterocycles. The van der Waals surface area contributed by atoms with Crippen LogP contribution in [0.15, 0.2) is 6.20 Å². The highest BCUT2D eigenvalue weighted by molar-refractivity contribution is 4.91. The van der Waals surface area contributed by atoms with E-state index in [1.54, 1.807) is 0 Å². The molecule has 2 rings (SSSR count). The molecule has 0 spiro atoms. The fourth-order valence-corrected chi connectivity index (χ4v) is 2.64. The third kappa shape index (κ3) is 4.58. The van der Waals surface area contributed by atoms with Crippen LogP contribution in [0.1, 0.15) is 45.2 Å². The van der Waals surface area contributed by atoms with Gasteiger partial charge in [0.15, 0.2) is 0 Å². The molecule has 1 aromatic rings. The first-order chi connectivity index (χ1) is 9.29. The van der Waals surface area contributed by atoms with E-state index in [-0.39, 0.29) is 0 Å². The molecule has 1 unspecified atom stereocenters. The summed E-state index contributed by atoms with van der Waals surface area (Å²) >= 11 is 0. The Labute approximate surface area is 116 Å². The summed E-state index contributed by atoms with van der Waals surface area (Å²) in [6.07, 6.45) is 7.28. The molecule has 0 radical (unpaired) electrons. The number of aromatic nitrogens is 3. The Kier molecular flexibility index (Phi) is 5.79. The Hall–Kier alpha value is -0.940. The molecule has 1 fully saturated rings. The second-order valence-electron chi connectivity index (χ2n) is 5.53. The minimum absolute atomic E-state index is 0.725. The maximum absolute atomic E-state index is 4.20. The van der Waals surface area contributed by atoms with E-state index in [1.807, 2.05) is 4.68 Å². The molecular formula is C14H27N5. The van der Waals surface area contributed by atoms with Gasteiger partial charge in [-0.05, 0) is 39.3 Å². The Bertz CT molecular complexity index is 362. The minimum Gasteiger partial charge on any atom is -0.311 e. The maximum atomic E-state index is 4.20. The highest BCUT2D eigenvalue weighted by atomic mass is 15.4. The molecule has 1 aliphatic rings. The quantitative estimate of drug-likeness (QED) is 0.762. The highest BCUT2D eigenvalue weighted by Gasteiger charge is 2.17. The second-order valence-corrected chi connectivity index (χ2v) is 5.53. The third-order valence-corrected chi connectivity index (χ3v) is 3.88. The zero-order valence-electron chi connectivity index (χ0n) is 12.3. The SMILES string of the molecule is CCCNCc1cn(CCN2CCCCC2C)nn1. The van der Waals surface area contributed by atoms with E-state index in [9.17, 15) is 0 Å². The van der Waals surface area contributed by atoms with Crippen molar-refractivity contribution in [2.24, 2.45) is 0 Å². The number of nitrogens with zero attached hydrogens (tertiary/aromatic N) is 4. The summed E-state index contributed by atoms with van der Waals surface area (Å²) in [6.45, 7) is 9.65. The van der Waals surface area contributed by atoms with Gasteiger partial charge in [0.1, 0.15) is 0 Å². The van der Waals surface area contributed by atoms with Crippen molar-refractivity contribution in [3.05, 3.63) is 11.9 Å². The van der Waals surface area contributed by atoms with Gasteiger partial charge in [-0.25, -0.2) is 0 Å². The van der Waals surface area contributed by atoms with Crippen LogP contribution in [0.2, 0.25) is 0 Å². The first-order valence-corrected chi connectivity index (χ1v) is 7.63. The molecule has 0 aliphatic carbocycles. The van der Waals surface area contributed by atoms with Gasteiger partial charge in [0.05, 0.1) is 12.2 Å². The van der Waals surface area contributed by atoms with Crippen molar-refractivity contribution < 1.29 is 0 Å². The second kappa shape index (κ2) is 7.60. The van der Waals surface area contributed by atoms with E-state index in [0.717, 1.165) is 44.3 Å². The van der Waals surface area contributed by atoms with Crippen LogP contribution < -0.4 is 5.32 Å². The molecule has 0 bridgehead atoms. The molecule has 0 amide bonds. The van der Waals surface area contributed by atoms with Crippen LogP contribution in [0.4, 0.5) is 0 Å². The first kappa shape index (κ1) is 14.5. The zero-order chi connectivity index (χ0) is 13.5. The average Bonchev–Trinajstić information content (AvgIpc) is 2.86. The predicted molar refractivity (Wildman–Crippen MR) is 76.9 cm³/mol. The van der Waals surface area contributed by atoms with Crippen LogP contribution >= 0.6 is 0 Å². The van der Waals surface area contributed by atoms with Gasteiger partial charge in [-0.2, -0.15) is 0 Å². The summed E-state index contributed by atoms with van der Waals surface area (Å²) in [7, 11) is 0. The average molecular weight is 265 g/mol. The number of rotatable bonds is 7. The number of piperidine rings is 1. The van der Waals surface area contributed by atoms with E-state index in [1.165, 1.54) is 25.8 Å². The lowest BCUT2D eigenvalue weighted by atomic mass is 10.0. The summed E-state index contributed by atoms with van der Waals surface area (Å²) in [5.74, 6) is 0. The molecule has 1 aromatic heterocycles. The number of likely N-dealkylation sites (tertiary alicyclic amines) is 1. The van der Waals surface area contributed by atoms with Crippen LogP contribution in [0.25, 0.3) is 0 Å². The lowest BCUT2D eigenvalue weighted by Crippen LogP contribution is -2.39. The largest absolute Gasteiger partial charge is 0.311 e. The molecule has 1 aliphatic heterocycles. The van der Waals surface area contributed by atoms with Crippen molar-refractivity contribution >= 4 is 0 Å². The van der Waals surface area contributed by atoms with Crippen molar-refractivity contribution in [2.75, 3.05) is 19.6 Å². The summed E-state index contributed by atoms with van der Waals surface area (Å²) in [6, 6.07) is 0.725. The highest BCUT2D eigenvalue weighted by Crippen LogP contribution is 2.15. The van der Waals surface area contributed by atoms with Crippen LogP contribution in [-0.4, -0.2) is 45.6 Å². The smallest absolute Gasteiger partial charge is 0.0964 e. The van der Waals surface area contributed by atoms with Crippen molar-refractivity contribution in [1.29, 1.82) is 0 Å². The van der Waals surface area contributed by atoms with Crippen molar-refractivity contribution in [2.45, 2.75) is 58.7 Å². The van der Waals surface area contributed by atoms with Gasteiger partial charge in [-0.1, -0.05) is 18.6 Å². The molecule has 108 valence electrons. The fourth-order valence-electron chi connectivity index (χ4n) is 2.64. The van der Waals surface area contributed by atoms with Gasteiger partial charge in [0.25, 0.3) is 0 Å². The molecule has 5 nitrogen and oxygen atoms in total. The monoisotopic (exact) mass is 265 g/mol. The summed E-state index contributed by atoms with van der Waals surface area (Å²) < 4.78 is 1.98. The van der Waals surface area contributed by atoms with E-state index in [0.29, 0.717) is 0 Å². The fraction of sp³-hybridized carbons (Fsp3) is 0.857. The first-order valence-electron chi connectivity index (χ1n) is 7.63. The van der Waals surface area contributed by atoms with Gasteiger partial charge in [0, 0.05) is 25.3 Å².